The van der Waals surface area contributed by atoms with Crippen molar-refractivity contribution in [2.75, 3.05) is 18.0 Å². The van der Waals surface area contributed by atoms with Gasteiger partial charge in [-0.05, 0) is 27.9 Å². The molecule has 94 valence electrons. The first-order chi connectivity index (χ1) is 8.00. The van der Waals surface area contributed by atoms with Crippen LogP contribution < -0.4 is 10.6 Å². The number of anilines is 1. The van der Waals surface area contributed by atoms with Crippen LogP contribution in [0.5, 0.6) is 0 Å². The van der Waals surface area contributed by atoms with Gasteiger partial charge >= 0.3 is 0 Å². The van der Waals surface area contributed by atoms with Crippen LogP contribution in [0.4, 0.5) is 5.69 Å². The number of aromatic nitrogens is 1. The van der Waals surface area contributed by atoms with E-state index in [2.05, 4.69) is 39.7 Å². The summed E-state index contributed by atoms with van der Waals surface area (Å²) < 4.78 is 1.00. The zero-order valence-corrected chi connectivity index (χ0v) is 12.6. The molecule has 5 heteroatoms. The Morgan fingerprint density at radius 2 is 2.29 bits per heavy atom. The van der Waals surface area contributed by atoms with Crippen molar-refractivity contribution in [1.82, 2.24) is 4.98 Å². The zero-order valence-electron chi connectivity index (χ0n) is 10.2. The fraction of sp³-hybridized carbons (Fsp3) is 0.500. The highest BCUT2D eigenvalue weighted by molar-refractivity contribution is 9.10. The highest BCUT2D eigenvalue weighted by Crippen LogP contribution is 2.25. The molecular weight excluding hydrogens is 298 g/mol. The lowest BCUT2D eigenvalue weighted by Gasteiger charge is -2.27. The van der Waals surface area contributed by atoms with Crippen molar-refractivity contribution in [3.8, 4) is 0 Å². The van der Waals surface area contributed by atoms with Crippen LogP contribution in [0, 0.1) is 5.92 Å². The second kappa shape index (κ2) is 6.91. The lowest BCUT2D eigenvalue weighted by atomic mass is 10.2. The van der Waals surface area contributed by atoms with E-state index in [1.54, 1.807) is 6.20 Å². The lowest BCUT2D eigenvalue weighted by Crippen LogP contribution is -2.31. The number of pyridine rings is 1. The average molecular weight is 316 g/mol. The van der Waals surface area contributed by atoms with E-state index in [0.717, 1.165) is 29.7 Å². The van der Waals surface area contributed by atoms with E-state index in [4.69, 9.17) is 18.0 Å². The van der Waals surface area contributed by atoms with Crippen LogP contribution >= 0.6 is 28.1 Å². The highest BCUT2D eigenvalue weighted by atomic mass is 79.9. The maximum absolute atomic E-state index is 5.57. The van der Waals surface area contributed by atoms with E-state index in [0.29, 0.717) is 10.9 Å². The SMILES string of the molecule is CC(C)CN(CCC(N)=S)c1ccncc1Br. The fourth-order valence-corrected chi connectivity index (χ4v) is 2.21. The minimum Gasteiger partial charge on any atom is -0.393 e. The molecule has 0 aliphatic rings. The van der Waals surface area contributed by atoms with Gasteiger partial charge in [-0.15, -0.1) is 0 Å². The molecule has 0 aromatic carbocycles. The fourth-order valence-electron chi connectivity index (χ4n) is 1.62. The molecule has 1 aromatic heterocycles. The van der Waals surface area contributed by atoms with Gasteiger partial charge in [0, 0.05) is 31.9 Å². The van der Waals surface area contributed by atoms with Gasteiger partial charge in [0.25, 0.3) is 0 Å². The third-order valence-corrected chi connectivity index (χ3v) is 3.12. The quantitative estimate of drug-likeness (QED) is 0.819. The predicted molar refractivity (Wildman–Crippen MR) is 80.4 cm³/mol. The Kier molecular flexibility index (Phi) is 5.85. The second-order valence-electron chi connectivity index (χ2n) is 4.38. The van der Waals surface area contributed by atoms with E-state index < -0.39 is 0 Å². The Morgan fingerprint density at radius 1 is 1.59 bits per heavy atom. The van der Waals surface area contributed by atoms with Crippen LogP contribution in [0.25, 0.3) is 0 Å². The first kappa shape index (κ1) is 14.4. The molecule has 0 amide bonds. The Bertz CT molecular complexity index is 382. The molecule has 3 nitrogen and oxygen atoms in total. The molecule has 0 atom stereocenters. The molecule has 0 spiro atoms. The third kappa shape index (κ3) is 5.00. The van der Waals surface area contributed by atoms with Crippen molar-refractivity contribution in [1.29, 1.82) is 0 Å². The average Bonchev–Trinajstić information content (AvgIpc) is 2.24. The van der Waals surface area contributed by atoms with Crippen LogP contribution in [-0.2, 0) is 0 Å². The van der Waals surface area contributed by atoms with Gasteiger partial charge < -0.3 is 10.6 Å². The number of nitrogens with two attached hydrogens (primary N) is 1. The lowest BCUT2D eigenvalue weighted by molar-refractivity contribution is 0.613. The molecule has 0 radical (unpaired) electrons. The molecule has 0 saturated heterocycles. The summed E-state index contributed by atoms with van der Waals surface area (Å²) in [6, 6.07) is 2.01. The number of rotatable bonds is 6. The number of halogens is 1. The molecule has 2 N–H and O–H groups in total. The summed E-state index contributed by atoms with van der Waals surface area (Å²) in [5, 5.41) is 0. The monoisotopic (exact) mass is 315 g/mol. The van der Waals surface area contributed by atoms with Crippen LogP contribution in [-0.4, -0.2) is 23.1 Å². The Hall–Kier alpha value is -0.680. The van der Waals surface area contributed by atoms with Crippen LogP contribution in [0.1, 0.15) is 20.3 Å². The molecule has 0 saturated carbocycles. The minimum atomic E-state index is 0.559. The standard InChI is InChI=1S/C12H18BrN3S/c1-9(2)8-16(6-4-12(14)17)11-3-5-15-7-10(11)13/h3,5,7,9H,4,6,8H2,1-2H3,(H2,14,17). The molecule has 1 rings (SSSR count). The largest absolute Gasteiger partial charge is 0.393 e. The van der Waals surface area contributed by atoms with Crippen molar-refractivity contribution in [3.05, 3.63) is 22.9 Å². The molecule has 0 unspecified atom stereocenters. The van der Waals surface area contributed by atoms with Gasteiger partial charge in [-0.1, -0.05) is 26.1 Å². The van der Waals surface area contributed by atoms with Gasteiger partial charge in [-0.3, -0.25) is 4.98 Å². The van der Waals surface area contributed by atoms with Crippen molar-refractivity contribution in [3.63, 3.8) is 0 Å². The molecule has 0 aliphatic carbocycles. The van der Waals surface area contributed by atoms with E-state index in [9.17, 15) is 0 Å². The van der Waals surface area contributed by atoms with E-state index >= 15 is 0 Å². The van der Waals surface area contributed by atoms with Gasteiger partial charge in [0.15, 0.2) is 0 Å². The van der Waals surface area contributed by atoms with Crippen molar-refractivity contribution >= 4 is 38.8 Å². The van der Waals surface area contributed by atoms with Crippen molar-refractivity contribution in [2.24, 2.45) is 11.7 Å². The Morgan fingerprint density at radius 3 is 2.82 bits per heavy atom. The summed E-state index contributed by atoms with van der Waals surface area (Å²) in [6.07, 6.45) is 4.34. The maximum Gasteiger partial charge on any atom is 0.0745 e. The van der Waals surface area contributed by atoms with Crippen LogP contribution in [0.3, 0.4) is 0 Å². The van der Waals surface area contributed by atoms with E-state index in [-0.39, 0.29) is 0 Å². The van der Waals surface area contributed by atoms with Gasteiger partial charge in [0.2, 0.25) is 0 Å². The smallest absolute Gasteiger partial charge is 0.0745 e. The topological polar surface area (TPSA) is 42.1 Å². The van der Waals surface area contributed by atoms with Gasteiger partial charge in [-0.2, -0.15) is 0 Å². The third-order valence-electron chi connectivity index (χ3n) is 2.31. The summed E-state index contributed by atoms with van der Waals surface area (Å²) in [5.41, 5.74) is 6.71. The zero-order chi connectivity index (χ0) is 12.8. The number of hydrogen-bond donors (Lipinski definition) is 1. The summed E-state index contributed by atoms with van der Waals surface area (Å²) in [4.78, 5) is 6.92. The van der Waals surface area contributed by atoms with Crippen molar-refractivity contribution < 1.29 is 0 Å². The molecule has 1 heterocycles. The number of nitrogens with zero attached hydrogens (tertiary/aromatic N) is 2. The van der Waals surface area contributed by atoms with Crippen LogP contribution in [0.2, 0.25) is 0 Å². The normalized spacial score (nSPS) is 10.6. The summed E-state index contributed by atoms with van der Waals surface area (Å²) >= 11 is 8.46. The maximum atomic E-state index is 5.57. The first-order valence-electron chi connectivity index (χ1n) is 5.63. The molecule has 0 aliphatic heterocycles. The van der Waals surface area contributed by atoms with Gasteiger partial charge in [0.05, 0.1) is 15.1 Å². The summed E-state index contributed by atoms with van der Waals surface area (Å²) in [5.74, 6) is 0.585. The van der Waals surface area contributed by atoms with Gasteiger partial charge in [0.1, 0.15) is 0 Å². The molecule has 1 aromatic rings. The predicted octanol–water partition coefficient (Wildman–Crippen LogP) is 2.98. The Labute approximate surface area is 117 Å². The molecule has 17 heavy (non-hydrogen) atoms. The highest BCUT2D eigenvalue weighted by Gasteiger charge is 2.11. The summed E-state index contributed by atoms with van der Waals surface area (Å²) in [7, 11) is 0. The molecular formula is C12H18BrN3S. The molecule has 0 bridgehead atoms. The number of hydrogen-bond acceptors (Lipinski definition) is 3. The van der Waals surface area contributed by atoms with Crippen molar-refractivity contribution in [2.45, 2.75) is 20.3 Å². The molecule has 0 fully saturated rings. The van der Waals surface area contributed by atoms with E-state index in [1.165, 1.54) is 0 Å². The number of thiocarbonyl (C=S) groups is 1. The van der Waals surface area contributed by atoms with Gasteiger partial charge in [-0.25, -0.2) is 0 Å². The summed E-state index contributed by atoms with van der Waals surface area (Å²) in [6.45, 7) is 6.22. The minimum absolute atomic E-state index is 0.559. The van der Waals surface area contributed by atoms with Crippen LogP contribution in [0.15, 0.2) is 22.9 Å². The van der Waals surface area contributed by atoms with E-state index in [1.807, 2.05) is 12.3 Å². The Balaban J connectivity index is 2.82. The second-order valence-corrected chi connectivity index (χ2v) is 5.76. The first-order valence-corrected chi connectivity index (χ1v) is 6.83.